The van der Waals surface area contributed by atoms with Gasteiger partial charge in [0.25, 0.3) is 0 Å². The summed E-state index contributed by atoms with van der Waals surface area (Å²) in [6.07, 6.45) is 0.470. The van der Waals surface area contributed by atoms with Gasteiger partial charge in [-0.15, -0.1) is 0 Å². The van der Waals surface area contributed by atoms with Crippen molar-refractivity contribution in [3.63, 3.8) is 0 Å². The minimum absolute atomic E-state index is 0.00287. The Morgan fingerprint density at radius 1 is 0.950 bits per heavy atom. The fourth-order valence-corrected chi connectivity index (χ4v) is 2.29. The van der Waals surface area contributed by atoms with E-state index in [4.69, 9.17) is 4.74 Å². The highest BCUT2D eigenvalue weighted by Crippen LogP contribution is 2.35. The van der Waals surface area contributed by atoms with Crippen LogP contribution in [0.15, 0.2) is 78.6 Å². The molecule has 0 radical (unpaired) electrons. The van der Waals surface area contributed by atoms with Crippen LogP contribution in [0.2, 0.25) is 0 Å². The summed E-state index contributed by atoms with van der Waals surface area (Å²) in [5, 5.41) is 0. The zero-order valence-electron chi connectivity index (χ0n) is 11.0. The van der Waals surface area contributed by atoms with E-state index in [1.807, 2.05) is 60.7 Å². The molecule has 20 heavy (non-hydrogen) atoms. The lowest BCUT2D eigenvalue weighted by Crippen LogP contribution is -2.03. The molecule has 1 aliphatic rings. The monoisotopic (exact) mass is 262 g/mol. The maximum absolute atomic E-state index is 12.6. The van der Waals surface area contributed by atoms with Crippen LogP contribution in [0.4, 0.5) is 0 Å². The molecule has 0 atom stereocenters. The van der Waals surface area contributed by atoms with Gasteiger partial charge in [0, 0.05) is 17.5 Å². The molecule has 2 heteroatoms. The van der Waals surface area contributed by atoms with Crippen molar-refractivity contribution in [2.24, 2.45) is 0 Å². The third-order valence-corrected chi connectivity index (χ3v) is 3.24. The molecule has 0 saturated heterocycles. The Morgan fingerprint density at radius 2 is 1.55 bits per heavy atom. The zero-order chi connectivity index (χ0) is 13.9. The minimum Gasteiger partial charge on any atom is -0.461 e. The van der Waals surface area contributed by atoms with Crippen LogP contribution in [-0.4, -0.2) is 5.78 Å². The molecular weight excluding hydrogens is 248 g/mol. The molecule has 2 nitrogen and oxygen atoms in total. The van der Waals surface area contributed by atoms with Crippen molar-refractivity contribution in [1.82, 2.24) is 0 Å². The Bertz CT molecular complexity index is 682. The number of benzene rings is 2. The lowest BCUT2D eigenvalue weighted by Gasteiger charge is -2.06. The minimum atomic E-state index is 0.00287. The maximum Gasteiger partial charge on any atom is 0.193 e. The average Bonchev–Trinajstić information content (AvgIpc) is 2.90. The van der Waals surface area contributed by atoms with Gasteiger partial charge in [-0.25, -0.2) is 0 Å². The van der Waals surface area contributed by atoms with Gasteiger partial charge in [0.15, 0.2) is 5.78 Å². The lowest BCUT2D eigenvalue weighted by molar-refractivity contribution is 0.103. The van der Waals surface area contributed by atoms with Crippen molar-refractivity contribution in [1.29, 1.82) is 0 Å². The number of ether oxygens (including phenoxy) is 1. The normalized spacial score (nSPS) is 14.3. The van der Waals surface area contributed by atoms with Crippen molar-refractivity contribution in [3.05, 3.63) is 89.7 Å². The number of rotatable bonds is 3. The van der Waals surface area contributed by atoms with Crippen LogP contribution in [0.25, 0.3) is 5.76 Å². The summed E-state index contributed by atoms with van der Waals surface area (Å²) in [6, 6.07) is 18.9. The molecule has 3 rings (SSSR count). The Labute approximate surface area is 118 Å². The summed E-state index contributed by atoms with van der Waals surface area (Å²) < 4.78 is 5.67. The molecule has 0 saturated carbocycles. The van der Waals surface area contributed by atoms with E-state index >= 15 is 0 Å². The molecule has 1 aliphatic heterocycles. The van der Waals surface area contributed by atoms with E-state index in [0.717, 1.165) is 5.56 Å². The quantitative estimate of drug-likeness (QED) is 0.774. The summed E-state index contributed by atoms with van der Waals surface area (Å²) in [7, 11) is 0. The first-order valence-electron chi connectivity index (χ1n) is 6.49. The molecule has 0 unspecified atom stereocenters. The molecule has 2 aromatic carbocycles. The number of hydrogen-bond acceptors (Lipinski definition) is 2. The summed E-state index contributed by atoms with van der Waals surface area (Å²) in [5.41, 5.74) is 2.26. The number of carbonyl (C=O) groups is 1. The second-order valence-electron chi connectivity index (χ2n) is 4.69. The predicted octanol–water partition coefficient (Wildman–Crippen LogP) is 4.21. The Balaban J connectivity index is 2.05. The maximum atomic E-state index is 12.6. The first kappa shape index (κ1) is 12.4. The van der Waals surface area contributed by atoms with E-state index in [9.17, 15) is 4.79 Å². The van der Waals surface area contributed by atoms with Crippen LogP contribution in [0.5, 0.6) is 0 Å². The Hall–Kier alpha value is -2.61. The third-order valence-electron chi connectivity index (χ3n) is 3.24. The molecule has 0 fully saturated rings. The third kappa shape index (κ3) is 2.28. The van der Waals surface area contributed by atoms with Gasteiger partial charge in [0.05, 0.1) is 5.57 Å². The van der Waals surface area contributed by atoms with Crippen LogP contribution >= 0.6 is 0 Å². The summed E-state index contributed by atoms with van der Waals surface area (Å²) in [6.45, 7) is 3.84. The fourth-order valence-electron chi connectivity index (χ4n) is 2.29. The van der Waals surface area contributed by atoms with Crippen LogP contribution < -0.4 is 0 Å². The SMILES string of the molecule is C=C1CC(C(=O)c2ccccc2)=C(c2ccccc2)O1. The summed E-state index contributed by atoms with van der Waals surface area (Å²) in [5.74, 6) is 1.25. The largest absolute Gasteiger partial charge is 0.461 e. The molecule has 0 spiro atoms. The van der Waals surface area contributed by atoms with Crippen molar-refractivity contribution in [2.45, 2.75) is 6.42 Å². The van der Waals surface area contributed by atoms with E-state index in [0.29, 0.717) is 29.1 Å². The molecule has 0 N–H and O–H groups in total. The van der Waals surface area contributed by atoms with E-state index in [1.54, 1.807) is 0 Å². The number of Topliss-reactive ketones (excluding diaryl/α,β-unsaturated/α-hetero) is 1. The predicted molar refractivity (Wildman–Crippen MR) is 79.0 cm³/mol. The number of allylic oxidation sites excluding steroid dienone is 1. The first-order chi connectivity index (χ1) is 9.75. The molecule has 0 aromatic heterocycles. The highest BCUT2D eigenvalue weighted by molar-refractivity contribution is 6.13. The van der Waals surface area contributed by atoms with E-state index in [1.165, 1.54) is 0 Å². The molecule has 0 bridgehead atoms. The fraction of sp³-hybridized carbons (Fsp3) is 0.0556. The van der Waals surface area contributed by atoms with E-state index in [2.05, 4.69) is 6.58 Å². The molecule has 98 valence electrons. The smallest absolute Gasteiger partial charge is 0.193 e. The van der Waals surface area contributed by atoms with Crippen LogP contribution in [0, 0.1) is 0 Å². The standard InChI is InChI=1S/C18H14O2/c1-13-12-16(17(19)14-8-4-2-5-9-14)18(20-13)15-10-6-3-7-11-15/h2-11H,1,12H2. The summed E-state index contributed by atoms with van der Waals surface area (Å²) in [4.78, 5) is 12.6. The molecule has 0 aliphatic carbocycles. The van der Waals surface area contributed by atoms with Crippen molar-refractivity contribution in [3.8, 4) is 0 Å². The highest BCUT2D eigenvalue weighted by atomic mass is 16.5. The number of ketones is 1. The Morgan fingerprint density at radius 3 is 2.20 bits per heavy atom. The van der Waals surface area contributed by atoms with Gasteiger partial charge >= 0.3 is 0 Å². The van der Waals surface area contributed by atoms with E-state index in [-0.39, 0.29) is 5.78 Å². The topological polar surface area (TPSA) is 26.3 Å². The van der Waals surface area contributed by atoms with Crippen LogP contribution in [0.3, 0.4) is 0 Å². The second-order valence-corrected chi connectivity index (χ2v) is 4.69. The van der Waals surface area contributed by atoms with Gasteiger partial charge in [-0.2, -0.15) is 0 Å². The van der Waals surface area contributed by atoms with Gasteiger partial charge in [0.1, 0.15) is 11.5 Å². The number of carbonyl (C=O) groups excluding carboxylic acids is 1. The zero-order valence-corrected chi connectivity index (χ0v) is 11.0. The second kappa shape index (κ2) is 5.17. The van der Waals surface area contributed by atoms with Gasteiger partial charge < -0.3 is 4.74 Å². The highest BCUT2D eigenvalue weighted by Gasteiger charge is 2.26. The summed E-state index contributed by atoms with van der Waals surface area (Å²) >= 11 is 0. The molecule has 1 heterocycles. The van der Waals surface area contributed by atoms with Crippen LogP contribution in [0.1, 0.15) is 22.3 Å². The van der Waals surface area contributed by atoms with Crippen molar-refractivity contribution < 1.29 is 9.53 Å². The first-order valence-corrected chi connectivity index (χ1v) is 6.49. The molecular formula is C18H14O2. The lowest BCUT2D eigenvalue weighted by atomic mass is 9.98. The van der Waals surface area contributed by atoms with Crippen molar-refractivity contribution >= 4 is 11.5 Å². The number of hydrogen-bond donors (Lipinski definition) is 0. The Kier molecular flexibility index (Phi) is 3.21. The van der Waals surface area contributed by atoms with Gasteiger partial charge in [-0.3, -0.25) is 4.79 Å². The van der Waals surface area contributed by atoms with E-state index < -0.39 is 0 Å². The molecule has 0 amide bonds. The average molecular weight is 262 g/mol. The van der Waals surface area contributed by atoms with Crippen molar-refractivity contribution in [2.75, 3.05) is 0 Å². The molecule has 2 aromatic rings. The van der Waals surface area contributed by atoms with Gasteiger partial charge in [-0.05, 0) is 0 Å². The van der Waals surface area contributed by atoms with Gasteiger partial charge in [0.2, 0.25) is 0 Å². The van der Waals surface area contributed by atoms with Crippen LogP contribution in [-0.2, 0) is 4.74 Å². The van der Waals surface area contributed by atoms with Gasteiger partial charge in [-0.1, -0.05) is 67.2 Å².